The largest absolute Gasteiger partial charge is 0.0955 e. The monoisotopic (exact) mass is 288 g/mol. The number of hydrogen-bond donors (Lipinski definition) is 0. The molecule has 0 unspecified atom stereocenters. The van der Waals surface area contributed by atoms with Crippen LogP contribution in [0.15, 0.2) is 84.0 Å². The highest BCUT2D eigenvalue weighted by Gasteiger charge is 2.11. The molecule has 0 nitrogen and oxygen atoms in total. The van der Waals surface area contributed by atoms with Crippen molar-refractivity contribution in [3.05, 3.63) is 95.1 Å². The first-order valence-electron chi connectivity index (χ1n) is 7.77. The van der Waals surface area contributed by atoms with Crippen molar-refractivity contribution in [2.24, 2.45) is 5.92 Å². The maximum absolute atomic E-state index is 4.19. The van der Waals surface area contributed by atoms with Crippen LogP contribution in [0.5, 0.6) is 0 Å². The fraction of sp³-hybridized carbons (Fsp3) is 0.182. The molecule has 2 aromatic rings. The molecule has 0 aromatic heterocycles. The summed E-state index contributed by atoms with van der Waals surface area (Å²) in [5.41, 5.74) is 6.08. The zero-order valence-corrected chi connectivity index (χ0v) is 13.7. The van der Waals surface area contributed by atoms with Gasteiger partial charge in [0.05, 0.1) is 0 Å². The Labute approximate surface area is 134 Å². The maximum Gasteiger partial charge on any atom is -0.0192 e. The predicted octanol–water partition coefficient (Wildman–Crippen LogP) is 6.39. The van der Waals surface area contributed by atoms with Crippen molar-refractivity contribution in [2.75, 3.05) is 0 Å². The second-order valence-corrected chi connectivity index (χ2v) is 5.91. The van der Waals surface area contributed by atoms with E-state index in [1.165, 1.54) is 22.3 Å². The summed E-state index contributed by atoms with van der Waals surface area (Å²) in [6.45, 7) is 10.7. The predicted molar refractivity (Wildman–Crippen MR) is 98.5 cm³/mol. The van der Waals surface area contributed by atoms with Crippen LogP contribution in [0.3, 0.4) is 0 Å². The zero-order chi connectivity index (χ0) is 15.9. The average molecular weight is 288 g/mol. The molecule has 0 aliphatic heterocycles. The Morgan fingerprint density at radius 2 is 1.27 bits per heavy atom. The minimum absolute atomic E-state index is 0.437. The topological polar surface area (TPSA) is 0 Å². The van der Waals surface area contributed by atoms with Crippen LogP contribution >= 0.6 is 0 Å². The maximum atomic E-state index is 4.19. The SMILES string of the molecule is C=C(C)C(=C\c1ccccc1)/C(=C/c1ccccc1)C(C)C. The van der Waals surface area contributed by atoms with Crippen molar-refractivity contribution in [2.45, 2.75) is 20.8 Å². The molecule has 0 amide bonds. The highest BCUT2D eigenvalue weighted by atomic mass is 14.2. The van der Waals surface area contributed by atoms with Crippen LogP contribution in [0.4, 0.5) is 0 Å². The van der Waals surface area contributed by atoms with Gasteiger partial charge in [-0.25, -0.2) is 0 Å². The summed E-state index contributed by atoms with van der Waals surface area (Å²) in [4.78, 5) is 0. The van der Waals surface area contributed by atoms with E-state index >= 15 is 0 Å². The van der Waals surface area contributed by atoms with E-state index < -0.39 is 0 Å². The Morgan fingerprint density at radius 3 is 1.68 bits per heavy atom. The van der Waals surface area contributed by atoms with Gasteiger partial charge in [-0.1, -0.05) is 92.7 Å². The molecule has 0 saturated heterocycles. The van der Waals surface area contributed by atoms with Crippen LogP contribution in [0.2, 0.25) is 0 Å². The normalized spacial score (nSPS) is 12.5. The number of benzene rings is 2. The van der Waals surface area contributed by atoms with Gasteiger partial charge in [0.15, 0.2) is 0 Å². The molecule has 112 valence electrons. The van der Waals surface area contributed by atoms with Gasteiger partial charge in [-0.2, -0.15) is 0 Å². The van der Waals surface area contributed by atoms with E-state index in [2.05, 4.69) is 88.0 Å². The number of hydrogen-bond acceptors (Lipinski definition) is 0. The van der Waals surface area contributed by atoms with Crippen LogP contribution in [0, 0.1) is 5.92 Å². The van der Waals surface area contributed by atoms with Crippen molar-refractivity contribution in [1.29, 1.82) is 0 Å². The first-order valence-corrected chi connectivity index (χ1v) is 7.77. The molecule has 0 heterocycles. The highest BCUT2D eigenvalue weighted by Crippen LogP contribution is 2.29. The second kappa shape index (κ2) is 7.61. The van der Waals surface area contributed by atoms with Gasteiger partial charge in [0, 0.05) is 0 Å². The standard InChI is InChI=1S/C22H24/c1-17(2)21(15-19-11-7-5-8-12-19)22(18(3)4)16-20-13-9-6-10-14-20/h5-16,18H,1H2,2-4H3/b21-15+,22-16+. The van der Waals surface area contributed by atoms with Gasteiger partial charge in [-0.3, -0.25) is 0 Å². The fourth-order valence-electron chi connectivity index (χ4n) is 2.45. The van der Waals surface area contributed by atoms with E-state index in [1.807, 2.05) is 12.1 Å². The first kappa shape index (κ1) is 16.0. The molecule has 0 aliphatic rings. The van der Waals surface area contributed by atoms with E-state index in [4.69, 9.17) is 0 Å². The Hall–Kier alpha value is -2.34. The summed E-state index contributed by atoms with van der Waals surface area (Å²) >= 11 is 0. The smallest absolute Gasteiger partial charge is 0.0192 e. The van der Waals surface area contributed by atoms with E-state index in [9.17, 15) is 0 Å². The molecular formula is C22H24. The molecule has 0 bridgehead atoms. The van der Waals surface area contributed by atoms with Gasteiger partial charge in [-0.15, -0.1) is 0 Å². The lowest BCUT2D eigenvalue weighted by molar-refractivity contribution is 0.787. The van der Waals surface area contributed by atoms with Crippen molar-refractivity contribution in [3.63, 3.8) is 0 Å². The molecule has 0 heteroatoms. The van der Waals surface area contributed by atoms with Crippen molar-refractivity contribution in [1.82, 2.24) is 0 Å². The molecular weight excluding hydrogens is 264 g/mol. The van der Waals surface area contributed by atoms with Crippen molar-refractivity contribution in [3.8, 4) is 0 Å². The Kier molecular flexibility index (Phi) is 5.55. The second-order valence-electron chi connectivity index (χ2n) is 5.91. The molecule has 22 heavy (non-hydrogen) atoms. The summed E-state index contributed by atoms with van der Waals surface area (Å²) in [7, 11) is 0. The van der Waals surface area contributed by atoms with Crippen LogP contribution in [-0.4, -0.2) is 0 Å². The minimum Gasteiger partial charge on any atom is -0.0955 e. The lowest BCUT2D eigenvalue weighted by atomic mass is 9.88. The number of allylic oxidation sites excluding steroid dienone is 3. The summed E-state index contributed by atoms with van der Waals surface area (Å²) in [5, 5.41) is 0. The van der Waals surface area contributed by atoms with E-state index in [0.29, 0.717) is 5.92 Å². The Bertz CT molecular complexity index is 670. The van der Waals surface area contributed by atoms with Gasteiger partial charge in [0.25, 0.3) is 0 Å². The summed E-state index contributed by atoms with van der Waals surface area (Å²) in [5.74, 6) is 0.437. The van der Waals surface area contributed by atoms with Crippen molar-refractivity contribution >= 4 is 12.2 Å². The molecule has 0 N–H and O–H groups in total. The Balaban J connectivity index is 2.50. The molecule has 0 fully saturated rings. The summed E-state index contributed by atoms with van der Waals surface area (Å²) < 4.78 is 0. The van der Waals surface area contributed by atoms with Crippen LogP contribution < -0.4 is 0 Å². The molecule has 0 atom stereocenters. The van der Waals surface area contributed by atoms with Gasteiger partial charge < -0.3 is 0 Å². The lowest BCUT2D eigenvalue weighted by Gasteiger charge is -2.17. The molecule has 0 saturated carbocycles. The molecule has 2 rings (SSSR count). The van der Waals surface area contributed by atoms with E-state index in [-0.39, 0.29) is 0 Å². The molecule has 0 spiro atoms. The molecule has 2 aromatic carbocycles. The van der Waals surface area contributed by atoms with Gasteiger partial charge in [-0.05, 0) is 41.2 Å². The van der Waals surface area contributed by atoms with Crippen LogP contribution in [0.1, 0.15) is 31.9 Å². The lowest BCUT2D eigenvalue weighted by Crippen LogP contribution is -2.00. The Morgan fingerprint density at radius 1 is 0.818 bits per heavy atom. The van der Waals surface area contributed by atoms with E-state index in [0.717, 1.165) is 5.57 Å². The third-order valence-corrected chi connectivity index (χ3v) is 3.63. The van der Waals surface area contributed by atoms with Crippen molar-refractivity contribution < 1.29 is 0 Å². The van der Waals surface area contributed by atoms with Gasteiger partial charge >= 0.3 is 0 Å². The fourth-order valence-corrected chi connectivity index (χ4v) is 2.45. The third-order valence-electron chi connectivity index (χ3n) is 3.63. The highest BCUT2D eigenvalue weighted by molar-refractivity contribution is 5.71. The zero-order valence-electron chi connectivity index (χ0n) is 13.7. The van der Waals surface area contributed by atoms with Gasteiger partial charge in [0.1, 0.15) is 0 Å². The molecule has 0 aliphatic carbocycles. The minimum atomic E-state index is 0.437. The van der Waals surface area contributed by atoms with Gasteiger partial charge in [0.2, 0.25) is 0 Å². The van der Waals surface area contributed by atoms with Crippen LogP contribution in [0.25, 0.3) is 12.2 Å². The van der Waals surface area contributed by atoms with E-state index in [1.54, 1.807) is 0 Å². The average Bonchev–Trinajstić information content (AvgIpc) is 2.52. The first-order chi connectivity index (χ1) is 10.6. The molecule has 0 radical (unpaired) electrons. The number of rotatable bonds is 5. The summed E-state index contributed by atoms with van der Waals surface area (Å²) in [6.07, 6.45) is 4.51. The quantitative estimate of drug-likeness (QED) is 0.559. The third kappa shape index (κ3) is 4.33. The summed E-state index contributed by atoms with van der Waals surface area (Å²) in [6, 6.07) is 20.9. The van der Waals surface area contributed by atoms with Crippen LogP contribution in [-0.2, 0) is 0 Å².